The fourth-order valence-electron chi connectivity index (χ4n) is 5.24. The molecule has 2 atom stereocenters. The second-order valence-corrected chi connectivity index (χ2v) is 9.37. The molecule has 2 aliphatic heterocycles. The van der Waals surface area contributed by atoms with Gasteiger partial charge in [0, 0.05) is 30.9 Å². The van der Waals surface area contributed by atoms with Crippen LogP contribution in [-0.2, 0) is 0 Å². The molecule has 0 aromatic heterocycles. The lowest BCUT2D eigenvalue weighted by Crippen LogP contribution is -2.61. The highest BCUT2D eigenvalue weighted by molar-refractivity contribution is 6.08. The Kier molecular flexibility index (Phi) is 8.97. The molecule has 1 saturated heterocycles. The fourth-order valence-corrected chi connectivity index (χ4v) is 5.24. The number of guanidine groups is 2. The smallest absolute Gasteiger partial charge is 0.208 e. The molecule has 4 rings (SSSR count). The van der Waals surface area contributed by atoms with Crippen LogP contribution in [0.4, 0.5) is 5.69 Å². The molecule has 1 saturated carbocycles. The van der Waals surface area contributed by atoms with Crippen molar-refractivity contribution < 1.29 is 0 Å². The number of nitrogens with one attached hydrogen (secondary N) is 3. The fraction of sp³-hybridized carbons (Fsp3) is 0.680. The first-order valence-corrected chi connectivity index (χ1v) is 13.0. The zero-order chi connectivity index (χ0) is 22.9. The molecule has 1 aliphatic carbocycles. The largest absolute Gasteiger partial charge is 0.329 e. The van der Waals surface area contributed by atoms with E-state index in [4.69, 9.17) is 15.7 Å². The predicted octanol–water partition coefficient (Wildman–Crippen LogP) is 2.44. The number of rotatable bonds is 8. The first-order chi connectivity index (χ1) is 16.3. The van der Waals surface area contributed by atoms with Gasteiger partial charge in [0.25, 0.3) is 0 Å². The number of likely N-dealkylation sites (tertiary alicyclic amines) is 1. The Bertz CT molecular complexity index is 772. The molecule has 0 amide bonds. The van der Waals surface area contributed by atoms with Crippen molar-refractivity contribution in [1.82, 2.24) is 20.9 Å². The molecule has 1 aromatic carbocycles. The van der Waals surface area contributed by atoms with Gasteiger partial charge in [-0.15, -0.1) is 0 Å². The maximum absolute atomic E-state index is 5.99. The van der Waals surface area contributed by atoms with Crippen molar-refractivity contribution in [2.24, 2.45) is 15.7 Å². The van der Waals surface area contributed by atoms with Crippen LogP contribution in [0.2, 0.25) is 0 Å². The van der Waals surface area contributed by atoms with E-state index in [2.05, 4.69) is 56.9 Å². The van der Waals surface area contributed by atoms with E-state index in [1.165, 1.54) is 57.9 Å². The third-order valence-corrected chi connectivity index (χ3v) is 7.05. The van der Waals surface area contributed by atoms with Crippen LogP contribution in [0.15, 0.2) is 40.3 Å². The minimum atomic E-state index is -0.196. The molecule has 182 valence electrons. The van der Waals surface area contributed by atoms with Gasteiger partial charge >= 0.3 is 0 Å². The molecule has 2 unspecified atom stereocenters. The standard InChI is InChI=1S/C25H42N8/c1-2-32-17-10-15-22(32)19-27-23-29-24(28-20-11-6-3-4-7-12-20)31-25(30-23)33(18-16-26)21-13-8-5-9-14-21/h5,8-9,13-14,20,22,24,28H,2-4,6-7,10-12,15-19,26H2,1H3,(H2,27,29,30,31). The summed E-state index contributed by atoms with van der Waals surface area (Å²) in [6, 6.07) is 11.3. The van der Waals surface area contributed by atoms with E-state index in [0.717, 1.165) is 30.7 Å². The molecule has 33 heavy (non-hydrogen) atoms. The first kappa shape index (κ1) is 24.0. The number of hydrogen-bond acceptors (Lipinski definition) is 6. The van der Waals surface area contributed by atoms with Crippen molar-refractivity contribution in [3.05, 3.63) is 30.3 Å². The number of hydrogen-bond donors (Lipinski definition) is 4. The van der Waals surface area contributed by atoms with Crippen LogP contribution >= 0.6 is 0 Å². The van der Waals surface area contributed by atoms with E-state index in [-0.39, 0.29) is 6.29 Å². The van der Waals surface area contributed by atoms with Gasteiger partial charge in [0.1, 0.15) is 0 Å². The lowest BCUT2D eigenvalue weighted by atomic mass is 10.1. The van der Waals surface area contributed by atoms with E-state index >= 15 is 0 Å². The number of nitrogens with zero attached hydrogens (tertiary/aromatic N) is 4. The predicted molar refractivity (Wildman–Crippen MR) is 138 cm³/mol. The van der Waals surface area contributed by atoms with E-state index in [9.17, 15) is 0 Å². The quantitative estimate of drug-likeness (QED) is 0.451. The lowest BCUT2D eigenvalue weighted by molar-refractivity contribution is 0.272. The van der Waals surface area contributed by atoms with Gasteiger partial charge in [0.15, 0.2) is 6.29 Å². The highest BCUT2D eigenvalue weighted by Gasteiger charge is 2.27. The molecule has 8 nitrogen and oxygen atoms in total. The van der Waals surface area contributed by atoms with Gasteiger partial charge in [-0.25, -0.2) is 4.99 Å². The number of nitrogens with two attached hydrogens (primary N) is 1. The molecule has 1 aromatic rings. The molecule has 0 bridgehead atoms. The molecule has 2 fully saturated rings. The number of para-hydroxylation sites is 1. The molecule has 0 spiro atoms. The van der Waals surface area contributed by atoms with Gasteiger partial charge in [-0.3, -0.25) is 20.5 Å². The third-order valence-electron chi connectivity index (χ3n) is 7.05. The number of anilines is 1. The molecule has 3 aliphatic rings. The summed E-state index contributed by atoms with van der Waals surface area (Å²) in [5.41, 5.74) is 7.07. The molecule has 5 N–H and O–H groups in total. The summed E-state index contributed by atoms with van der Waals surface area (Å²) >= 11 is 0. The van der Waals surface area contributed by atoms with Crippen molar-refractivity contribution in [1.29, 1.82) is 0 Å². The summed E-state index contributed by atoms with van der Waals surface area (Å²) in [5.74, 6) is 1.60. The maximum Gasteiger partial charge on any atom is 0.208 e. The molecular formula is C25H42N8. The van der Waals surface area contributed by atoms with Crippen LogP contribution < -0.4 is 26.6 Å². The highest BCUT2D eigenvalue weighted by Crippen LogP contribution is 2.19. The van der Waals surface area contributed by atoms with Crippen LogP contribution in [0.3, 0.4) is 0 Å². The second kappa shape index (κ2) is 12.3. The van der Waals surface area contributed by atoms with Crippen molar-refractivity contribution in [2.45, 2.75) is 76.7 Å². The topological polar surface area (TPSA) is 93.3 Å². The van der Waals surface area contributed by atoms with E-state index < -0.39 is 0 Å². The van der Waals surface area contributed by atoms with Gasteiger partial charge < -0.3 is 16.0 Å². The molecule has 8 heteroatoms. The summed E-state index contributed by atoms with van der Waals surface area (Å²) in [5, 5.41) is 10.8. The normalized spacial score (nSPS) is 25.9. The molecule has 0 radical (unpaired) electrons. The van der Waals surface area contributed by atoms with Crippen LogP contribution in [0.25, 0.3) is 0 Å². The van der Waals surface area contributed by atoms with E-state index in [1.54, 1.807) is 0 Å². The summed E-state index contributed by atoms with van der Waals surface area (Å²) in [6.07, 6.45) is 9.97. The summed E-state index contributed by atoms with van der Waals surface area (Å²) in [7, 11) is 0. The Morgan fingerprint density at radius 2 is 1.91 bits per heavy atom. The average Bonchev–Trinajstić information content (AvgIpc) is 3.16. The SMILES string of the molecule is CCN1CCCC1CN=C1NC(N(CCN)c2ccccc2)=NC(NC2CCCCCC2)N1. The zero-order valence-electron chi connectivity index (χ0n) is 20.2. The van der Waals surface area contributed by atoms with Gasteiger partial charge in [0.05, 0.1) is 6.54 Å². The van der Waals surface area contributed by atoms with Crippen molar-refractivity contribution in [2.75, 3.05) is 37.6 Å². The maximum atomic E-state index is 5.99. The van der Waals surface area contributed by atoms with Gasteiger partial charge in [-0.2, -0.15) is 0 Å². The van der Waals surface area contributed by atoms with Crippen LogP contribution in [-0.4, -0.2) is 67.9 Å². The van der Waals surface area contributed by atoms with Crippen molar-refractivity contribution in [3.63, 3.8) is 0 Å². The average molecular weight is 455 g/mol. The van der Waals surface area contributed by atoms with Crippen LogP contribution in [0, 0.1) is 0 Å². The number of aliphatic imine (C=N–C) groups is 2. The Morgan fingerprint density at radius 3 is 2.64 bits per heavy atom. The Hall–Kier alpha value is -2.16. The minimum Gasteiger partial charge on any atom is -0.329 e. The Balaban J connectivity index is 1.54. The zero-order valence-corrected chi connectivity index (χ0v) is 20.2. The number of benzene rings is 1. The van der Waals surface area contributed by atoms with Gasteiger partial charge in [-0.1, -0.05) is 50.8 Å². The van der Waals surface area contributed by atoms with Crippen molar-refractivity contribution >= 4 is 17.6 Å². The number of likely N-dealkylation sites (N-methyl/N-ethyl adjacent to an activating group) is 1. The highest BCUT2D eigenvalue weighted by atomic mass is 15.5. The monoisotopic (exact) mass is 454 g/mol. The third kappa shape index (κ3) is 6.68. The minimum absolute atomic E-state index is 0.196. The van der Waals surface area contributed by atoms with E-state index in [1.807, 2.05) is 6.07 Å². The van der Waals surface area contributed by atoms with Crippen LogP contribution in [0.5, 0.6) is 0 Å². The van der Waals surface area contributed by atoms with Gasteiger partial charge in [0.2, 0.25) is 11.9 Å². The second-order valence-electron chi connectivity index (χ2n) is 9.37. The molecule has 2 heterocycles. The van der Waals surface area contributed by atoms with Gasteiger partial charge in [-0.05, 0) is 50.9 Å². The lowest BCUT2D eigenvalue weighted by Gasteiger charge is -2.34. The summed E-state index contributed by atoms with van der Waals surface area (Å²) in [4.78, 5) is 14.7. The van der Waals surface area contributed by atoms with Crippen LogP contribution in [0.1, 0.15) is 58.3 Å². The Morgan fingerprint density at radius 1 is 1.12 bits per heavy atom. The van der Waals surface area contributed by atoms with Crippen molar-refractivity contribution in [3.8, 4) is 0 Å². The summed E-state index contributed by atoms with van der Waals surface area (Å²) < 4.78 is 0. The Labute approximate surface area is 199 Å². The first-order valence-electron chi connectivity index (χ1n) is 13.0. The van der Waals surface area contributed by atoms with E-state index in [0.29, 0.717) is 25.2 Å². The summed E-state index contributed by atoms with van der Waals surface area (Å²) in [6.45, 7) is 6.55. The molecular weight excluding hydrogens is 412 g/mol.